The van der Waals surface area contributed by atoms with Gasteiger partial charge in [-0.2, -0.15) is 0 Å². The summed E-state index contributed by atoms with van der Waals surface area (Å²) >= 11 is 0. The lowest BCUT2D eigenvalue weighted by Gasteiger charge is -2.12. The van der Waals surface area contributed by atoms with Gasteiger partial charge in [0, 0.05) is 12.2 Å². The van der Waals surface area contributed by atoms with Crippen molar-refractivity contribution in [2.24, 2.45) is 0 Å². The van der Waals surface area contributed by atoms with Gasteiger partial charge in [-0.25, -0.2) is 14.2 Å². The molecular formula is C16H15FN2O3. The van der Waals surface area contributed by atoms with E-state index in [4.69, 9.17) is 4.74 Å². The molecule has 1 fully saturated rings. The molecule has 6 heteroatoms. The van der Waals surface area contributed by atoms with E-state index in [9.17, 15) is 14.0 Å². The quantitative estimate of drug-likeness (QED) is 0.815. The van der Waals surface area contributed by atoms with Crippen molar-refractivity contribution in [3.05, 3.63) is 46.1 Å². The number of nitrogens with zero attached hydrogens (tertiary/aromatic N) is 2. The molecule has 22 heavy (non-hydrogen) atoms. The first kappa shape index (κ1) is 14.4. The lowest BCUT2D eigenvalue weighted by molar-refractivity contribution is 0.0524. The van der Waals surface area contributed by atoms with E-state index in [1.165, 1.54) is 12.3 Å². The maximum absolute atomic E-state index is 13.9. The molecule has 0 saturated heterocycles. The summed E-state index contributed by atoms with van der Waals surface area (Å²) in [5.41, 5.74) is -0.191. The second kappa shape index (κ2) is 5.36. The van der Waals surface area contributed by atoms with E-state index in [2.05, 4.69) is 11.6 Å². The molecule has 2 aromatic rings. The van der Waals surface area contributed by atoms with Crippen LogP contribution in [0.4, 0.5) is 4.39 Å². The maximum Gasteiger partial charge on any atom is 0.343 e. The second-order valence-corrected chi connectivity index (χ2v) is 5.16. The molecule has 0 aliphatic heterocycles. The fourth-order valence-corrected chi connectivity index (χ4v) is 2.39. The van der Waals surface area contributed by atoms with Gasteiger partial charge in [-0.1, -0.05) is 6.58 Å². The standard InChI is InChI=1S/C16H15FN2O3/c1-3-13-12(17)7-10-14(20)11(16(21)22-4-2)8-19(9-5-6-9)15(10)18-13/h3,7-9H,1,4-6H2,2H3. The van der Waals surface area contributed by atoms with Crippen molar-refractivity contribution in [2.45, 2.75) is 25.8 Å². The first-order valence-electron chi connectivity index (χ1n) is 7.11. The Balaban J connectivity index is 2.33. The number of halogens is 1. The second-order valence-electron chi connectivity index (χ2n) is 5.16. The highest BCUT2D eigenvalue weighted by Gasteiger charge is 2.28. The van der Waals surface area contributed by atoms with Crippen LogP contribution in [0.2, 0.25) is 0 Å². The van der Waals surface area contributed by atoms with Gasteiger partial charge in [0.2, 0.25) is 5.43 Å². The van der Waals surface area contributed by atoms with Crippen LogP contribution in [-0.4, -0.2) is 22.1 Å². The molecule has 1 aliphatic rings. The number of esters is 1. The number of hydrogen-bond donors (Lipinski definition) is 0. The van der Waals surface area contributed by atoms with E-state index in [0.29, 0.717) is 5.65 Å². The highest BCUT2D eigenvalue weighted by atomic mass is 19.1. The van der Waals surface area contributed by atoms with Crippen LogP contribution >= 0.6 is 0 Å². The van der Waals surface area contributed by atoms with Crippen molar-refractivity contribution in [2.75, 3.05) is 6.61 Å². The summed E-state index contributed by atoms with van der Waals surface area (Å²) in [6.07, 6.45) is 4.64. The molecular weight excluding hydrogens is 287 g/mol. The van der Waals surface area contributed by atoms with Gasteiger partial charge in [-0.05, 0) is 31.9 Å². The molecule has 0 spiro atoms. The maximum atomic E-state index is 13.9. The van der Waals surface area contributed by atoms with Crippen molar-refractivity contribution in [1.29, 1.82) is 0 Å². The molecule has 5 nitrogen and oxygen atoms in total. The summed E-state index contributed by atoms with van der Waals surface area (Å²) in [7, 11) is 0. The minimum Gasteiger partial charge on any atom is -0.462 e. The molecule has 1 aliphatic carbocycles. The van der Waals surface area contributed by atoms with Crippen molar-refractivity contribution in [1.82, 2.24) is 9.55 Å². The molecule has 2 aromatic heterocycles. The van der Waals surface area contributed by atoms with Crippen LogP contribution in [0, 0.1) is 5.82 Å². The lowest BCUT2D eigenvalue weighted by atomic mass is 10.1. The van der Waals surface area contributed by atoms with Crippen LogP contribution in [-0.2, 0) is 4.74 Å². The van der Waals surface area contributed by atoms with Crippen LogP contribution in [0.25, 0.3) is 17.1 Å². The largest absolute Gasteiger partial charge is 0.462 e. The Bertz CT molecular complexity index is 837. The Labute approximate surface area is 126 Å². The van der Waals surface area contributed by atoms with E-state index < -0.39 is 17.2 Å². The summed E-state index contributed by atoms with van der Waals surface area (Å²) in [6, 6.07) is 1.29. The van der Waals surface area contributed by atoms with Gasteiger partial charge in [-0.3, -0.25) is 4.79 Å². The number of aromatic nitrogens is 2. The molecule has 0 bridgehead atoms. The van der Waals surface area contributed by atoms with Crippen molar-refractivity contribution < 1.29 is 13.9 Å². The zero-order valence-electron chi connectivity index (χ0n) is 12.1. The first-order valence-corrected chi connectivity index (χ1v) is 7.11. The molecule has 0 aromatic carbocycles. The minimum absolute atomic E-state index is 0.0838. The summed E-state index contributed by atoms with van der Waals surface area (Å²) in [4.78, 5) is 28.6. The average molecular weight is 302 g/mol. The molecule has 2 heterocycles. The van der Waals surface area contributed by atoms with Crippen LogP contribution in [0.15, 0.2) is 23.6 Å². The van der Waals surface area contributed by atoms with Crippen LogP contribution in [0.1, 0.15) is 41.9 Å². The van der Waals surface area contributed by atoms with E-state index in [1.807, 2.05) is 0 Å². The average Bonchev–Trinajstić information content (AvgIpc) is 3.32. The summed E-state index contributed by atoms with van der Waals surface area (Å²) in [5, 5.41) is 0.0838. The van der Waals surface area contributed by atoms with E-state index in [1.54, 1.807) is 11.5 Å². The zero-order chi connectivity index (χ0) is 15.9. The van der Waals surface area contributed by atoms with Gasteiger partial charge >= 0.3 is 5.97 Å². The smallest absolute Gasteiger partial charge is 0.343 e. The molecule has 114 valence electrons. The van der Waals surface area contributed by atoms with E-state index >= 15 is 0 Å². The van der Waals surface area contributed by atoms with Crippen molar-refractivity contribution >= 4 is 23.1 Å². The predicted octanol–water partition coefficient (Wildman–Crippen LogP) is 2.69. The van der Waals surface area contributed by atoms with Gasteiger partial charge < -0.3 is 9.30 Å². The Kier molecular flexibility index (Phi) is 3.52. The zero-order valence-corrected chi connectivity index (χ0v) is 12.1. The van der Waals surface area contributed by atoms with Crippen LogP contribution < -0.4 is 5.43 Å². The topological polar surface area (TPSA) is 61.2 Å². The number of hydrogen-bond acceptors (Lipinski definition) is 4. The molecule has 0 unspecified atom stereocenters. The first-order chi connectivity index (χ1) is 10.6. The summed E-state index contributed by atoms with van der Waals surface area (Å²) in [5.74, 6) is -1.33. The minimum atomic E-state index is -0.697. The Hall–Kier alpha value is -2.50. The van der Waals surface area contributed by atoms with Crippen molar-refractivity contribution in [3.63, 3.8) is 0 Å². The molecule has 3 rings (SSSR count). The monoisotopic (exact) mass is 302 g/mol. The lowest BCUT2D eigenvalue weighted by Crippen LogP contribution is -2.21. The van der Waals surface area contributed by atoms with Gasteiger partial charge in [0.05, 0.1) is 12.0 Å². The third-order valence-electron chi connectivity index (χ3n) is 3.61. The highest BCUT2D eigenvalue weighted by molar-refractivity contribution is 5.93. The third kappa shape index (κ3) is 2.30. The fraction of sp³-hybridized carbons (Fsp3) is 0.312. The number of carbonyl (C=O) groups is 1. The van der Waals surface area contributed by atoms with E-state index in [-0.39, 0.29) is 29.3 Å². The Morgan fingerprint density at radius 3 is 2.91 bits per heavy atom. The SMILES string of the molecule is C=Cc1nc2c(cc1F)c(=O)c(C(=O)OCC)cn2C1CC1. The molecule has 0 amide bonds. The van der Waals surface area contributed by atoms with E-state index in [0.717, 1.165) is 18.9 Å². The van der Waals surface area contributed by atoms with Crippen LogP contribution in [0.5, 0.6) is 0 Å². The Morgan fingerprint density at radius 1 is 1.59 bits per heavy atom. The Morgan fingerprint density at radius 2 is 2.32 bits per heavy atom. The van der Waals surface area contributed by atoms with Gasteiger partial charge in [0.15, 0.2) is 0 Å². The van der Waals surface area contributed by atoms with Crippen molar-refractivity contribution in [3.8, 4) is 0 Å². The predicted molar refractivity (Wildman–Crippen MR) is 80.3 cm³/mol. The molecule has 0 radical (unpaired) electrons. The molecule has 1 saturated carbocycles. The normalized spacial score (nSPS) is 14.1. The summed E-state index contributed by atoms with van der Waals surface area (Å²) in [6.45, 7) is 5.35. The molecule has 0 N–H and O–H groups in total. The number of ether oxygens (including phenoxy) is 1. The highest BCUT2D eigenvalue weighted by Crippen LogP contribution is 2.36. The van der Waals surface area contributed by atoms with Gasteiger partial charge in [-0.15, -0.1) is 0 Å². The number of rotatable bonds is 4. The van der Waals surface area contributed by atoms with Crippen LogP contribution in [0.3, 0.4) is 0 Å². The fourth-order valence-electron chi connectivity index (χ4n) is 2.39. The third-order valence-corrected chi connectivity index (χ3v) is 3.61. The number of pyridine rings is 2. The summed E-state index contributed by atoms with van der Waals surface area (Å²) < 4.78 is 20.6. The molecule has 0 atom stereocenters. The number of fused-ring (bicyclic) bond motifs is 1. The van der Waals surface area contributed by atoms with Gasteiger partial charge in [0.1, 0.15) is 22.7 Å². The number of carbonyl (C=O) groups excluding carboxylic acids is 1. The van der Waals surface area contributed by atoms with Gasteiger partial charge in [0.25, 0.3) is 0 Å².